The van der Waals surface area contributed by atoms with Crippen LogP contribution in [0.5, 0.6) is 0 Å². The number of hydrogen-bond acceptors (Lipinski definition) is 2. The topological polar surface area (TPSA) is 50.4 Å². The van der Waals surface area contributed by atoms with Gasteiger partial charge in [-0.05, 0) is 31.6 Å². The average Bonchev–Trinajstić information content (AvgIpc) is 2.01. The van der Waals surface area contributed by atoms with Gasteiger partial charge in [-0.3, -0.25) is 5.43 Å². The first kappa shape index (κ1) is 10.7. The van der Waals surface area contributed by atoms with Crippen molar-refractivity contribution in [2.24, 2.45) is 10.8 Å². The van der Waals surface area contributed by atoms with Gasteiger partial charge in [0.25, 0.3) is 0 Å². The van der Waals surface area contributed by atoms with Crippen LogP contribution in [0.3, 0.4) is 0 Å². The molecule has 1 aromatic carbocycles. The van der Waals surface area contributed by atoms with E-state index in [0.717, 1.165) is 5.56 Å². The number of rotatable bonds is 2. The fraction of sp³-hybridized carbons (Fsp3) is 0.200. The Morgan fingerprint density at radius 1 is 1.36 bits per heavy atom. The Morgan fingerprint density at radius 3 is 2.43 bits per heavy atom. The minimum Gasteiger partial charge on any atom is -0.375 e. The highest BCUT2D eigenvalue weighted by molar-refractivity contribution is 7.80. The van der Waals surface area contributed by atoms with E-state index in [2.05, 4.69) is 28.8 Å². The summed E-state index contributed by atoms with van der Waals surface area (Å²) in [6, 6.07) is 6.19. The van der Waals surface area contributed by atoms with Crippen molar-refractivity contribution in [3.63, 3.8) is 0 Å². The van der Waals surface area contributed by atoms with E-state index in [1.54, 1.807) is 6.21 Å². The third-order valence-corrected chi connectivity index (χ3v) is 1.72. The predicted octanol–water partition coefficient (Wildman–Crippen LogP) is 1.47. The van der Waals surface area contributed by atoms with Crippen molar-refractivity contribution in [2.45, 2.75) is 13.8 Å². The largest absolute Gasteiger partial charge is 0.375 e. The minimum atomic E-state index is 0.172. The fourth-order valence-corrected chi connectivity index (χ4v) is 1.31. The Hall–Kier alpha value is -1.42. The van der Waals surface area contributed by atoms with Gasteiger partial charge < -0.3 is 5.73 Å². The zero-order valence-corrected chi connectivity index (χ0v) is 9.06. The van der Waals surface area contributed by atoms with E-state index in [4.69, 9.17) is 5.73 Å². The van der Waals surface area contributed by atoms with Gasteiger partial charge in [-0.15, -0.1) is 0 Å². The molecule has 0 aliphatic rings. The van der Waals surface area contributed by atoms with Gasteiger partial charge in [0.05, 0.1) is 6.21 Å². The molecule has 0 aromatic heterocycles. The van der Waals surface area contributed by atoms with Crippen molar-refractivity contribution in [3.8, 4) is 0 Å². The molecule has 14 heavy (non-hydrogen) atoms. The van der Waals surface area contributed by atoms with Gasteiger partial charge in [0, 0.05) is 0 Å². The normalized spacial score (nSPS) is 10.4. The maximum absolute atomic E-state index is 5.22. The lowest BCUT2D eigenvalue weighted by molar-refractivity contribution is 1.04. The lowest BCUT2D eigenvalue weighted by atomic mass is 10.1. The molecule has 1 aromatic rings. The zero-order chi connectivity index (χ0) is 10.6. The van der Waals surface area contributed by atoms with Crippen molar-refractivity contribution >= 4 is 23.5 Å². The van der Waals surface area contributed by atoms with Crippen LogP contribution in [0.1, 0.15) is 16.7 Å². The molecule has 0 aliphatic carbocycles. The van der Waals surface area contributed by atoms with Gasteiger partial charge in [0.2, 0.25) is 0 Å². The minimum absolute atomic E-state index is 0.172. The number of nitrogens with one attached hydrogen (secondary N) is 1. The fourth-order valence-electron chi connectivity index (χ4n) is 1.25. The second-order valence-electron chi connectivity index (χ2n) is 3.16. The zero-order valence-electron chi connectivity index (χ0n) is 8.24. The summed E-state index contributed by atoms with van der Waals surface area (Å²) in [5, 5.41) is 4.05. The molecule has 0 spiro atoms. The molecule has 0 fully saturated rings. The van der Waals surface area contributed by atoms with Crippen molar-refractivity contribution in [2.75, 3.05) is 0 Å². The molecule has 0 saturated carbocycles. The smallest absolute Gasteiger partial charge is 0.184 e. The maximum Gasteiger partial charge on any atom is 0.184 e. The van der Waals surface area contributed by atoms with E-state index in [-0.39, 0.29) is 5.11 Å². The molecule has 0 aliphatic heterocycles. The quantitative estimate of drug-likeness (QED) is 0.438. The lowest BCUT2D eigenvalue weighted by Gasteiger charge is -1.99. The number of hydrazone groups is 1. The van der Waals surface area contributed by atoms with Crippen LogP contribution in [0.25, 0.3) is 0 Å². The second-order valence-corrected chi connectivity index (χ2v) is 3.60. The molecule has 4 heteroatoms. The number of benzene rings is 1. The number of thiocarbonyl (C=S) groups is 1. The van der Waals surface area contributed by atoms with Crippen molar-refractivity contribution in [1.29, 1.82) is 0 Å². The van der Waals surface area contributed by atoms with Gasteiger partial charge in [-0.25, -0.2) is 0 Å². The average molecular weight is 207 g/mol. The first-order valence-corrected chi connectivity index (χ1v) is 4.65. The summed E-state index contributed by atoms with van der Waals surface area (Å²) in [6.07, 6.45) is 1.69. The van der Waals surface area contributed by atoms with Gasteiger partial charge in [0.1, 0.15) is 0 Å². The summed E-state index contributed by atoms with van der Waals surface area (Å²) < 4.78 is 0. The van der Waals surface area contributed by atoms with Crippen molar-refractivity contribution in [1.82, 2.24) is 5.43 Å². The van der Waals surface area contributed by atoms with Crippen LogP contribution >= 0.6 is 12.2 Å². The monoisotopic (exact) mass is 207 g/mol. The molecular formula is C10H13N3S. The maximum atomic E-state index is 5.22. The Labute approximate surface area is 89.0 Å². The van der Waals surface area contributed by atoms with Crippen LogP contribution in [0, 0.1) is 13.8 Å². The molecule has 0 heterocycles. The highest BCUT2D eigenvalue weighted by Crippen LogP contribution is 2.06. The first-order chi connectivity index (χ1) is 6.58. The molecule has 0 saturated heterocycles. The first-order valence-electron chi connectivity index (χ1n) is 4.25. The van der Waals surface area contributed by atoms with E-state index in [9.17, 15) is 0 Å². The number of hydrogen-bond donors (Lipinski definition) is 2. The molecule has 3 nitrogen and oxygen atoms in total. The Bertz CT molecular complexity index is 351. The Morgan fingerprint density at radius 2 is 1.93 bits per heavy atom. The van der Waals surface area contributed by atoms with Crippen LogP contribution in [0.15, 0.2) is 23.3 Å². The van der Waals surface area contributed by atoms with Crippen molar-refractivity contribution < 1.29 is 0 Å². The summed E-state index contributed by atoms with van der Waals surface area (Å²) in [5.74, 6) is 0. The molecular weight excluding hydrogens is 194 g/mol. The van der Waals surface area contributed by atoms with E-state index >= 15 is 0 Å². The SMILES string of the molecule is Cc1cc(C)cc(C=NNC(N)=S)c1. The van der Waals surface area contributed by atoms with Gasteiger partial charge in [0.15, 0.2) is 5.11 Å². The van der Waals surface area contributed by atoms with Gasteiger partial charge in [-0.1, -0.05) is 29.3 Å². The number of nitrogens with zero attached hydrogens (tertiary/aromatic N) is 1. The van der Waals surface area contributed by atoms with Crippen LogP contribution in [0.4, 0.5) is 0 Å². The standard InChI is InChI=1S/C10H13N3S/c1-7-3-8(2)5-9(4-7)6-12-13-10(11)14/h3-6H,1-2H3,(H3,11,13,14). The van der Waals surface area contributed by atoms with E-state index in [1.807, 2.05) is 26.0 Å². The summed E-state index contributed by atoms with van der Waals surface area (Å²) >= 11 is 4.62. The highest BCUT2D eigenvalue weighted by Gasteiger charge is 1.92. The molecule has 0 atom stereocenters. The van der Waals surface area contributed by atoms with Crippen LogP contribution in [0.2, 0.25) is 0 Å². The third kappa shape index (κ3) is 3.53. The Kier molecular flexibility index (Phi) is 3.59. The molecule has 74 valence electrons. The Balaban J connectivity index is 2.76. The molecule has 0 bridgehead atoms. The molecule has 0 amide bonds. The number of aryl methyl sites for hydroxylation is 2. The molecule has 0 unspecified atom stereocenters. The van der Waals surface area contributed by atoms with Crippen LogP contribution in [-0.2, 0) is 0 Å². The van der Waals surface area contributed by atoms with Crippen molar-refractivity contribution in [3.05, 3.63) is 34.9 Å². The second kappa shape index (κ2) is 4.72. The third-order valence-electron chi connectivity index (χ3n) is 1.63. The van der Waals surface area contributed by atoms with E-state index in [1.165, 1.54) is 11.1 Å². The molecule has 0 radical (unpaired) electrons. The predicted molar refractivity (Wildman–Crippen MR) is 63.4 cm³/mol. The summed E-state index contributed by atoms with van der Waals surface area (Å²) in [6.45, 7) is 4.09. The number of nitrogens with two attached hydrogens (primary N) is 1. The summed E-state index contributed by atoms with van der Waals surface area (Å²) in [7, 11) is 0. The summed E-state index contributed by atoms with van der Waals surface area (Å²) in [5.41, 5.74) is 11.2. The van der Waals surface area contributed by atoms with Gasteiger partial charge >= 0.3 is 0 Å². The lowest BCUT2D eigenvalue weighted by Crippen LogP contribution is -2.23. The summed E-state index contributed by atoms with van der Waals surface area (Å²) in [4.78, 5) is 0. The van der Waals surface area contributed by atoms with E-state index < -0.39 is 0 Å². The highest BCUT2D eigenvalue weighted by atomic mass is 32.1. The van der Waals surface area contributed by atoms with Crippen LogP contribution in [-0.4, -0.2) is 11.3 Å². The van der Waals surface area contributed by atoms with Crippen LogP contribution < -0.4 is 11.2 Å². The van der Waals surface area contributed by atoms with Gasteiger partial charge in [-0.2, -0.15) is 5.10 Å². The van der Waals surface area contributed by atoms with E-state index in [0.29, 0.717) is 0 Å². The molecule has 1 rings (SSSR count). The molecule has 3 N–H and O–H groups in total.